The van der Waals surface area contributed by atoms with E-state index in [0.717, 1.165) is 62.2 Å². The molecule has 0 rings (SSSR count). The molecule has 0 N–H and O–H groups in total. The zero-order chi connectivity index (χ0) is 49.5. The van der Waals surface area contributed by atoms with E-state index in [4.69, 9.17) is 14.2 Å². The summed E-state index contributed by atoms with van der Waals surface area (Å²) in [6, 6.07) is 0. The Kier molecular flexibility index (Phi) is 56.8. The molecule has 0 aliphatic rings. The van der Waals surface area contributed by atoms with Gasteiger partial charge in [0, 0.05) is 0 Å². The summed E-state index contributed by atoms with van der Waals surface area (Å²) < 4.78 is 18.5. The van der Waals surface area contributed by atoms with Gasteiger partial charge >= 0.3 is 284 Å². The molecule has 0 heterocycles. The van der Waals surface area contributed by atoms with Crippen molar-refractivity contribution in [1.82, 2.24) is 0 Å². The minimum Gasteiger partial charge on any atom is -0.0654 e. The fourth-order valence-corrected chi connectivity index (χ4v) is 47.2. The predicted molar refractivity (Wildman–Crippen MR) is 307 cm³/mol. The van der Waals surface area contributed by atoms with Crippen LogP contribution in [0.3, 0.4) is 0 Å². The van der Waals surface area contributed by atoms with Gasteiger partial charge in [0.15, 0.2) is 0 Å². The van der Waals surface area contributed by atoms with Crippen molar-refractivity contribution in [2.75, 3.05) is 37.1 Å². The standard InChI is InChI=1S/3C18H36O2S.C4H9.Sn/c3*1-2-3-4-5-6-7-8-9-10-11-12-13-14-15-18(19)20-16-17-21;1-3-4-2;/h3*21H,2-17H2,1H3;1,3-4H2,2H3;/q;;;;+3/p-3. The Morgan fingerprint density at radius 2 is 0.471 bits per heavy atom. The molecule has 0 fully saturated rings. The summed E-state index contributed by atoms with van der Waals surface area (Å²) in [4.78, 5) is 38.1. The first-order valence-electron chi connectivity index (χ1n) is 29.8. The number of esters is 3. The van der Waals surface area contributed by atoms with Gasteiger partial charge in [0.05, 0.1) is 0 Å². The normalized spacial score (nSPS) is 11.6. The smallest absolute Gasteiger partial charge is 0.0654 e. The number of unbranched alkanes of at least 4 members (excludes halogenated alkanes) is 37. The molecule has 0 atom stereocenters. The molecule has 0 aromatic carbocycles. The Morgan fingerprint density at radius 3 is 0.676 bits per heavy atom. The van der Waals surface area contributed by atoms with E-state index in [9.17, 15) is 14.4 Å². The van der Waals surface area contributed by atoms with Crippen molar-refractivity contribution in [1.29, 1.82) is 0 Å². The van der Waals surface area contributed by atoms with Crippen LogP contribution in [0.4, 0.5) is 0 Å². The number of ether oxygens (including phenoxy) is 3. The van der Waals surface area contributed by atoms with E-state index < -0.39 is 14.2 Å². The van der Waals surface area contributed by atoms with Crippen LogP contribution < -0.4 is 0 Å². The topological polar surface area (TPSA) is 78.9 Å². The molecular weight excluding hydrogens is 1010 g/mol. The maximum absolute atomic E-state index is 12.7. The van der Waals surface area contributed by atoms with Crippen molar-refractivity contribution in [2.24, 2.45) is 0 Å². The van der Waals surface area contributed by atoms with Gasteiger partial charge in [-0.3, -0.25) is 0 Å². The Labute approximate surface area is 436 Å². The van der Waals surface area contributed by atoms with Crippen molar-refractivity contribution >= 4 is 59.0 Å². The summed E-state index contributed by atoms with van der Waals surface area (Å²) in [5.74, 6) is 2.24. The third-order valence-electron chi connectivity index (χ3n) is 13.3. The molecule has 0 radical (unpaired) electrons. The van der Waals surface area contributed by atoms with E-state index >= 15 is 0 Å². The Balaban J connectivity index is 4.68. The van der Waals surface area contributed by atoms with Gasteiger partial charge in [-0.1, -0.05) is 156 Å². The van der Waals surface area contributed by atoms with E-state index in [-0.39, 0.29) is 17.9 Å². The summed E-state index contributed by atoms with van der Waals surface area (Å²) in [5.41, 5.74) is 0. The molecule has 0 aromatic rings. The minimum atomic E-state index is -2.98. The fourth-order valence-electron chi connectivity index (χ4n) is 8.87. The van der Waals surface area contributed by atoms with Crippen LogP contribution in [0.2, 0.25) is 4.44 Å². The van der Waals surface area contributed by atoms with Gasteiger partial charge in [-0.2, -0.15) is 0 Å². The number of rotatable bonds is 57. The summed E-state index contributed by atoms with van der Waals surface area (Å²) in [7, 11) is 6.17. The zero-order valence-electron chi connectivity index (χ0n) is 45.7. The predicted octanol–water partition coefficient (Wildman–Crippen LogP) is 20.0. The van der Waals surface area contributed by atoms with Crippen LogP contribution in [-0.2, 0) is 28.6 Å². The molecular formula is C58H114O6S3Sn. The average molecular weight is 1120 g/mol. The van der Waals surface area contributed by atoms with Gasteiger partial charge in [-0.05, 0) is 0 Å². The van der Waals surface area contributed by atoms with Crippen molar-refractivity contribution < 1.29 is 28.6 Å². The molecule has 0 saturated carbocycles. The van der Waals surface area contributed by atoms with Crippen LogP contribution in [0.1, 0.15) is 310 Å². The second-order valence-electron chi connectivity index (χ2n) is 20.0. The summed E-state index contributed by atoms with van der Waals surface area (Å²) in [6.07, 6.45) is 54.4. The molecule has 0 aromatic heterocycles. The first kappa shape index (κ1) is 68.3. The first-order valence-corrected chi connectivity index (χ1v) is 45.3. The molecule has 404 valence electrons. The Bertz CT molecular complexity index is 945. The SMILES string of the molecule is CCCCCCCCCCCCCCCC(=O)OCC[S][Sn]([CH2]CCC)([S]CCOC(=O)CCCCCCCCCCCCCCC)[S]CCOC(=O)CCCCCCCCCCCCCCC. The van der Waals surface area contributed by atoms with E-state index in [1.807, 2.05) is 0 Å². The summed E-state index contributed by atoms with van der Waals surface area (Å²) in [6.45, 7) is 10.5. The van der Waals surface area contributed by atoms with Crippen LogP contribution in [0.5, 0.6) is 0 Å². The summed E-state index contributed by atoms with van der Waals surface area (Å²) in [5, 5.41) is 0. The van der Waals surface area contributed by atoms with E-state index in [2.05, 4.69) is 54.5 Å². The molecule has 0 amide bonds. The summed E-state index contributed by atoms with van der Waals surface area (Å²) >= 11 is -2.98. The number of hydrogen-bond donors (Lipinski definition) is 0. The third kappa shape index (κ3) is 51.2. The van der Waals surface area contributed by atoms with E-state index in [0.29, 0.717) is 39.1 Å². The fraction of sp³-hybridized carbons (Fsp3) is 0.948. The monoisotopic (exact) mass is 1120 g/mol. The van der Waals surface area contributed by atoms with Crippen molar-refractivity contribution in [3.63, 3.8) is 0 Å². The molecule has 0 saturated heterocycles. The van der Waals surface area contributed by atoms with Crippen molar-refractivity contribution in [3.05, 3.63) is 0 Å². The van der Waals surface area contributed by atoms with Gasteiger partial charge in [-0.15, -0.1) is 0 Å². The van der Waals surface area contributed by atoms with E-state index in [1.54, 1.807) is 0 Å². The molecule has 10 heteroatoms. The molecule has 0 bridgehead atoms. The molecule has 0 spiro atoms. The molecule has 0 aliphatic carbocycles. The number of carbonyl (C=O) groups is 3. The van der Waals surface area contributed by atoms with Gasteiger partial charge in [0.2, 0.25) is 0 Å². The van der Waals surface area contributed by atoms with Crippen LogP contribution in [0, 0.1) is 0 Å². The van der Waals surface area contributed by atoms with E-state index in [1.165, 1.54) is 223 Å². The number of carbonyl (C=O) groups excluding carboxylic acids is 3. The Morgan fingerprint density at radius 1 is 0.279 bits per heavy atom. The molecule has 0 aliphatic heterocycles. The first-order chi connectivity index (χ1) is 33.4. The van der Waals surface area contributed by atoms with Crippen LogP contribution >= 0.6 is 26.8 Å². The van der Waals surface area contributed by atoms with Crippen molar-refractivity contribution in [3.8, 4) is 0 Å². The Hall–Kier alpha value is 0.259. The van der Waals surface area contributed by atoms with Gasteiger partial charge < -0.3 is 0 Å². The zero-order valence-corrected chi connectivity index (χ0v) is 51.0. The second-order valence-corrected chi connectivity index (χ2v) is 54.0. The minimum absolute atomic E-state index is 0.0610. The molecule has 6 nitrogen and oxygen atoms in total. The molecule has 68 heavy (non-hydrogen) atoms. The van der Waals surface area contributed by atoms with Crippen LogP contribution in [0.15, 0.2) is 0 Å². The second kappa shape index (κ2) is 56.6. The molecule has 0 unspecified atom stereocenters. The van der Waals surface area contributed by atoms with Gasteiger partial charge in [0.25, 0.3) is 0 Å². The van der Waals surface area contributed by atoms with Crippen LogP contribution in [0.25, 0.3) is 0 Å². The third-order valence-corrected chi connectivity index (χ3v) is 53.4. The average Bonchev–Trinajstić information content (AvgIpc) is 3.34. The van der Waals surface area contributed by atoms with Crippen molar-refractivity contribution in [2.45, 2.75) is 315 Å². The maximum atomic E-state index is 12.7. The van der Waals surface area contributed by atoms with Gasteiger partial charge in [0.1, 0.15) is 0 Å². The quantitative estimate of drug-likeness (QED) is 0.0256. The number of hydrogen-bond acceptors (Lipinski definition) is 9. The van der Waals surface area contributed by atoms with Crippen LogP contribution in [-0.4, -0.2) is 69.2 Å². The van der Waals surface area contributed by atoms with Gasteiger partial charge in [-0.25, -0.2) is 0 Å².